The highest BCUT2D eigenvalue weighted by Crippen LogP contribution is 2.34. The number of aryl methyl sites for hydroxylation is 1. The SMILES string of the molecule is NCc1cc(NC(=O)C2CCc3ccc(Oc4ccnc(-c5cn[nH]c5)c4)cc3C2)cc(C(F)(F)F)c1. The number of amides is 1. The maximum atomic E-state index is 13.3. The number of benzene rings is 2. The molecule has 1 unspecified atom stereocenters. The van der Waals surface area contributed by atoms with Crippen LogP contribution in [0.1, 0.15) is 28.7 Å². The Morgan fingerprint density at radius 2 is 1.95 bits per heavy atom. The minimum absolute atomic E-state index is 0.0621. The van der Waals surface area contributed by atoms with E-state index in [1.54, 1.807) is 24.7 Å². The third-order valence-electron chi connectivity index (χ3n) is 6.36. The molecule has 1 atom stereocenters. The molecule has 10 heteroatoms. The summed E-state index contributed by atoms with van der Waals surface area (Å²) in [5.74, 6) is 0.525. The van der Waals surface area contributed by atoms with Gasteiger partial charge >= 0.3 is 6.18 Å². The highest BCUT2D eigenvalue weighted by molar-refractivity contribution is 5.93. The molecule has 5 rings (SSSR count). The maximum absolute atomic E-state index is 13.3. The molecule has 4 aromatic rings. The van der Waals surface area contributed by atoms with Crippen molar-refractivity contribution in [3.8, 4) is 22.8 Å². The molecule has 0 fully saturated rings. The first-order valence-corrected chi connectivity index (χ1v) is 11.8. The number of hydrogen-bond acceptors (Lipinski definition) is 5. The van der Waals surface area contributed by atoms with E-state index in [0.29, 0.717) is 42.0 Å². The van der Waals surface area contributed by atoms with E-state index in [4.69, 9.17) is 10.5 Å². The van der Waals surface area contributed by atoms with Crippen LogP contribution >= 0.6 is 0 Å². The number of aromatic amines is 1. The molecule has 0 spiro atoms. The van der Waals surface area contributed by atoms with Gasteiger partial charge in [0.1, 0.15) is 11.5 Å². The Balaban J connectivity index is 1.30. The van der Waals surface area contributed by atoms with Crippen molar-refractivity contribution in [2.24, 2.45) is 11.7 Å². The fourth-order valence-electron chi connectivity index (χ4n) is 4.47. The van der Waals surface area contributed by atoms with Crippen molar-refractivity contribution >= 4 is 11.6 Å². The Hall–Kier alpha value is -4.18. The minimum Gasteiger partial charge on any atom is -0.457 e. The average molecular weight is 508 g/mol. The summed E-state index contributed by atoms with van der Waals surface area (Å²) < 4.78 is 45.8. The lowest BCUT2D eigenvalue weighted by Gasteiger charge is -2.25. The standard InChI is InChI=1S/C27H24F3N5O2/c28-27(29,30)21-7-16(13-31)8-22(11-21)35-26(36)18-2-1-17-3-4-23(10-19(17)9-18)37-24-5-6-32-25(12-24)20-14-33-34-15-20/h3-8,10-12,14-15,18H,1-2,9,13,31H2,(H,33,34)(H,35,36). The molecule has 2 aromatic heterocycles. The lowest BCUT2D eigenvalue weighted by Crippen LogP contribution is -2.28. The number of carbonyl (C=O) groups is 1. The molecule has 1 amide bonds. The highest BCUT2D eigenvalue weighted by atomic mass is 19.4. The second-order valence-corrected chi connectivity index (χ2v) is 8.95. The molecule has 1 aliphatic carbocycles. The number of H-pyrrole nitrogens is 1. The van der Waals surface area contributed by atoms with Crippen molar-refractivity contribution < 1.29 is 22.7 Å². The van der Waals surface area contributed by atoms with E-state index in [9.17, 15) is 18.0 Å². The number of fused-ring (bicyclic) bond motifs is 1. The molecule has 2 aromatic carbocycles. The van der Waals surface area contributed by atoms with Crippen molar-refractivity contribution in [3.63, 3.8) is 0 Å². The largest absolute Gasteiger partial charge is 0.457 e. The number of ether oxygens (including phenoxy) is 1. The predicted octanol–water partition coefficient (Wildman–Crippen LogP) is 5.49. The topological polar surface area (TPSA) is 106 Å². The number of aromatic nitrogens is 3. The summed E-state index contributed by atoms with van der Waals surface area (Å²) in [5, 5.41) is 9.36. The van der Waals surface area contributed by atoms with E-state index in [1.807, 2.05) is 24.3 Å². The van der Waals surface area contributed by atoms with Crippen molar-refractivity contribution in [1.29, 1.82) is 0 Å². The molecule has 2 heterocycles. The summed E-state index contributed by atoms with van der Waals surface area (Å²) in [6, 6.07) is 12.7. The molecular formula is C27H24F3N5O2. The number of anilines is 1. The quantitative estimate of drug-likeness (QED) is 0.320. The van der Waals surface area contributed by atoms with Gasteiger partial charge in [-0.15, -0.1) is 0 Å². The molecule has 7 nitrogen and oxygen atoms in total. The molecular weight excluding hydrogens is 483 g/mol. The van der Waals surface area contributed by atoms with E-state index in [-0.39, 0.29) is 24.1 Å². The van der Waals surface area contributed by atoms with E-state index in [1.165, 1.54) is 6.07 Å². The van der Waals surface area contributed by atoms with Gasteiger partial charge in [-0.05, 0) is 72.4 Å². The van der Waals surface area contributed by atoms with Crippen LogP contribution < -0.4 is 15.8 Å². The molecule has 0 bridgehead atoms. The second-order valence-electron chi connectivity index (χ2n) is 8.95. The van der Waals surface area contributed by atoms with Gasteiger partial charge < -0.3 is 15.8 Å². The smallest absolute Gasteiger partial charge is 0.416 e. The summed E-state index contributed by atoms with van der Waals surface area (Å²) in [5.41, 5.74) is 8.76. The molecule has 1 aliphatic rings. The van der Waals surface area contributed by atoms with Gasteiger partial charge in [0.25, 0.3) is 0 Å². The van der Waals surface area contributed by atoms with Crippen LogP contribution in [0.3, 0.4) is 0 Å². The minimum atomic E-state index is -4.53. The number of nitrogens with two attached hydrogens (primary N) is 1. The lowest BCUT2D eigenvalue weighted by molar-refractivity contribution is -0.137. The molecule has 0 aliphatic heterocycles. The summed E-state index contributed by atoms with van der Waals surface area (Å²) in [6.07, 6.45) is 2.28. The fourth-order valence-corrected chi connectivity index (χ4v) is 4.47. The van der Waals surface area contributed by atoms with Crippen LogP contribution in [0.2, 0.25) is 0 Å². The summed E-state index contributed by atoms with van der Waals surface area (Å²) >= 11 is 0. The van der Waals surface area contributed by atoms with Gasteiger partial charge in [-0.2, -0.15) is 18.3 Å². The van der Waals surface area contributed by atoms with E-state index >= 15 is 0 Å². The first kappa shape index (κ1) is 24.5. The van der Waals surface area contributed by atoms with Crippen molar-refractivity contribution in [2.75, 3.05) is 5.32 Å². The van der Waals surface area contributed by atoms with Crippen LogP contribution in [-0.4, -0.2) is 21.1 Å². The van der Waals surface area contributed by atoms with Crippen LogP contribution in [0, 0.1) is 5.92 Å². The van der Waals surface area contributed by atoms with Crippen LogP contribution in [0.25, 0.3) is 11.3 Å². The summed E-state index contributed by atoms with van der Waals surface area (Å²) in [4.78, 5) is 17.3. The first-order chi connectivity index (χ1) is 17.8. The van der Waals surface area contributed by atoms with Gasteiger partial charge in [0.2, 0.25) is 5.91 Å². The highest BCUT2D eigenvalue weighted by Gasteiger charge is 2.32. The zero-order valence-corrected chi connectivity index (χ0v) is 19.7. The van der Waals surface area contributed by atoms with Crippen LogP contribution in [-0.2, 0) is 30.4 Å². The molecule has 190 valence electrons. The number of alkyl halides is 3. The van der Waals surface area contributed by atoms with E-state index in [2.05, 4.69) is 20.5 Å². The Morgan fingerprint density at radius 3 is 2.70 bits per heavy atom. The molecule has 0 saturated heterocycles. The Kier molecular flexibility index (Phi) is 6.66. The predicted molar refractivity (Wildman–Crippen MR) is 132 cm³/mol. The monoisotopic (exact) mass is 507 g/mol. The number of nitrogens with zero attached hydrogens (tertiary/aromatic N) is 2. The van der Waals surface area contributed by atoms with E-state index < -0.39 is 11.7 Å². The zero-order valence-electron chi connectivity index (χ0n) is 19.7. The van der Waals surface area contributed by atoms with Gasteiger partial charge in [0, 0.05) is 42.2 Å². The number of carbonyl (C=O) groups excluding carboxylic acids is 1. The zero-order chi connectivity index (χ0) is 26.0. The third-order valence-corrected chi connectivity index (χ3v) is 6.36. The third kappa shape index (κ3) is 5.64. The molecule has 37 heavy (non-hydrogen) atoms. The Labute approximate surface area is 210 Å². The number of pyridine rings is 1. The van der Waals surface area contributed by atoms with Gasteiger partial charge in [0.15, 0.2) is 0 Å². The van der Waals surface area contributed by atoms with Crippen LogP contribution in [0.4, 0.5) is 18.9 Å². The molecule has 4 N–H and O–H groups in total. The maximum Gasteiger partial charge on any atom is 0.416 e. The van der Waals surface area contributed by atoms with Gasteiger partial charge in [-0.25, -0.2) is 0 Å². The first-order valence-electron chi connectivity index (χ1n) is 11.8. The summed E-state index contributed by atoms with van der Waals surface area (Å²) in [6.45, 7) is -0.0621. The number of rotatable bonds is 6. The average Bonchev–Trinajstić information content (AvgIpc) is 3.43. The van der Waals surface area contributed by atoms with Crippen LogP contribution in [0.15, 0.2) is 67.1 Å². The molecule has 0 saturated carbocycles. The van der Waals surface area contributed by atoms with Crippen LogP contribution in [0.5, 0.6) is 11.5 Å². The van der Waals surface area contributed by atoms with Gasteiger partial charge in [-0.1, -0.05) is 6.07 Å². The number of halogens is 3. The summed E-state index contributed by atoms with van der Waals surface area (Å²) in [7, 11) is 0. The van der Waals surface area contributed by atoms with Crippen molar-refractivity contribution in [2.45, 2.75) is 32.0 Å². The van der Waals surface area contributed by atoms with Crippen molar-refractivity contribution in [1.82, 2.24) is 15.2 Å². The molecule has 0 radical (unpaired) electrons. The van der Waals surface area contributed by atoms with E-state index in [0.717, 1.165) is 28.8 Å². The second kappa shape index (κ2) is 10.1. The normalized spacial score (nSPS) is 15.2. The Morgan fingerprint density at radius 1 is 1.11 bits per heavy atom. The lowest BCUT2D eigenvalue weighted by atomic mass is 9.83. The number of hydrogen-bond donors (Lipinski definition) is 3. The van der Waals surface area contributed by atoms with Crippen molar-refractivity contribution in [3.05, 3.63) is 89.4 Å². The number of nitrogens with one attached hydrogen (secondary N) is 2. The van der Waals surface area contributed by atoms with Gasteiger partial charge in [-0.3, -0.25) is 14.9 Å². The fraction of sp³-hybridized carbons (Fsp3) is 0.222. The van der Waals surface area contributed by atoms with Gasteiger partial charge in [0.05, 0.1) is 17.5 Å². The Bertz CT molecular complexity index is 1420.